The van der Waals surface area contributed by atoms with E-state index in [0.717, 1.165) is 70.9 Å². The molecule has 0 amide bonds. The van der Waals surface area contributed by atoms with Gasteiger partial charge in [-0.1, -0.05) is 97.1 Å². The number of para-hydroxylation sites is 1. The van der Waals surface area contributed by atoms with Crippen molar-refractivity contribution < 1.29 is 20.4 Å². The molecule has 6 aromatic carbocycles. The molecule has 2 unspecified atom stereocenters. The van der Waals surface area contributed by atoms with Crippen LogP contribution in [0.4, 0.5) is 0 Å². The number of phenols is 4. The molecule has 50 heavy (non-hydrogen) atoms. The van der Waals surface area contributed by atoms with Gasteiger partial charge in [0.25, 0.3) is 0 Å². The van der Waals surface area contributed by atoms with Gasteiger partial charge >= 0.3 is 0 Å². The summed E-state index contributed by atoms with van der Waals surface area (Å²) in [6.07, 6.45) is 8.94. The third-order valence-corrected chi connectivity index (χ3v) is 10.5. The lowest BCUT2D eigenvalue weighted by atomic mass is 9.88. The summed E-state index contributed by atoms with van der Waals surface area (Å²) in [5, 5.41) is 44.5. The lowest BCUT2D eigenvalue weighted by molar-refractivity contribution is 0.462. The van der Waals surface area contributed by atoms with Crippen molar-refractivity contribution in [2.75, 3.05) is 0 Å². The van der Waals surface area contributed by atoms with Crippen LogP contribution in [-0.4, -0.2) is 20.4 Å². The Hall–Kier alpha value is -5.22. The lowest BCUT2D eigenvalue weighted by Gasteiger charge is -2.17. The zero-order chi connectivity index (χ0) is 35.4. The van der Waals surface area contributed by atoms with Crippen molar-refractivity contribution in [3.05, 3.63) is 148 Å². The van der Waals surface area contributed by atoms with E-state index in [0.29, 0.717) is 34.8 Å². The van der Waals surface area contributed by atoms with Crippen molar-refractivity contribution in [2.24, 2.45) is 0 Å². The molecule has 2 atom stereocenters. The maximum absolute atomic E-state index is 10.5. The Morgan fingerprint density at radius 1 is 0.540 bits per heavy atom. The lowest BCUT2D eigenvalue weighted by Crippen LogP contribution is -1.98. The van der Waals surface area contributed by atoms with E-state index in [1.54, 1.807) is 6.07 Å². The minimum atomic E-state index is 0.380. The van der Waals surface area contributed by atoms with Crippen LogP contribution in [-0.2, 0) is 0 Å². The molecule has 0 spiro atoms. The van der Waals surface area contributed by atoms with Crippen LogP contribution in [0.3, 0.4) is 0 Å². The second-order valence-corrected chi connectivity index (χ2v) is 14.0. The molecule has 256 valence electrons. The highest BCUT2D eigenvalue weighted by molar-refractivity contribution is 5.96. The molecule has 0 radical (unpaired) electrons. The Morgan fingerprint density at radius 3 is 1.72 bits per heavy atom. The maximum Gasteiger partial charge on any atom is 0.123 e. The van der Waals surface area contributed by atoms with Crippen LogP contribution in [0.1, 0.15) is 89.3 Å². The first-order valence-electron chi connectivity index (χ1n) is 17.8. The van der Waals surface area contributed by atoms with Crippen molar-refractivity contribution in [3.63, 3.8) is 0 Å². The van der Waals surface area contributed by atoms with E-state index in [4.69, 9.17) is 0 Å². The Kier molecular flexibility index (Phi) is 10.5. The van der Waals surface area contributed by atoms with Crippen LogP contribution < -0.4 is 0 Å². The van der Waals surface area contributed by atoms with Gasteiger partial charge in [0.1, 0.15) is 23.0 Å². The fourth-order valence-electron chi connectivity index (χ4n) is 7.79. The minimum Gasteiger partial charge on any atom is -0.508 e. The van der Waals surface area contributed by atoms with Gasteiger partial charge in [0.2, 0.25) is 0 Å². The molecule has 0 aliphatic heterocycles. The summed E-state index contributed by atoms with van der Waals surface area (Å²) in [4.78, 5) is 0. The van der Waals surface area contributed by atoms with Crippen molar-refractivity contribution in [1.82, 2.24) is 0 Å². The highest BCUT2D eigenvalue weighted by atomic mass is 16.3. The molecule has 0 heterocycles. The molecule has 0 aromatic heterocycles. The average molecular weight is 665 g/mol. The van der Waals surface area contributed by atoms with Crippen molar-refractivity contribution in [1.29, 1.82) is 0 Å². The van der Waals surface area contributed by atoms with E-state index in [1.165, 1.54) is 33.7 Å². The van der Waals surface area contributed by atoms with Gasteiger partial charge in [-0.05, 0) is 145 Å². The van der Waals surface area contributed by atoms with Crippen molar-refractivity contribution in [2.45, 2.75) is 78.1 Å². The Labute approximate surface area is 296 Å². The largest absolute Gasteiger partial charge is 0.508 e. The van der Waals surface area contributed by atoms with E-state index in [9.17, 15) is 20.4 Å². The summed E-state index contributed by atoms with van der Waals surface area (Å²) in [6.45, 7) is 7.72. The van der Waals surface area contributed by atoms with Gasteiger partial charge in [-0.25, -0.2) is 0 Å². The maximum atomic E-state index is 10.5. The first-order valence-corrected chi connectivity index (χ1v) is 17.8. The van der Waals surface area contributed by atoms with Crippen LogP contribution in [0.5, 0.6) is 23.0 Å². The van der Waals surface area contributed by atoms with Gasteiger partial charge in [-0.2, -0.15) is 0 Å². The molecule has 2 aliphatic carbocycles. The Balaban J connectivity index is 0.000000147. The molecule has 2 aliphatic rings. The van der Waals surface area contributed by atoms with E-state index in [-0.39, 0.29) is 0 Å². The quantitative estimate of drug-likeness (QED) is 0.152. The Bertz CT molecular complexity index is 2130. The number of aryl methyl sites for hydroxylation is 4. The number of rotatable bonds is 3. The molecule has 4 nitrogen and oxygen atoms in total. The number of benzene rings is 6. The van der Waals surface area contributed by atoms with Gasteiger partial charge in [0.05, 0.1) is 0 Å². The normalized spacial score (nSPS) is 16.8. The zero-order valence-corrected chi connectivity index (χ0v) is 29.6. The standard InChI is InChI=1S/C23H24O2.C15H14O.C8H10O/c1-14-11-19(12-15(2)23(14)25)17-7-8-18(13-17)22-20-6-4-3-5-16(20)9-10-21(22)24;16-14-10-9-11-5-3-4-8-13(11)15(14)12-6-1-2-7-12;1-6-4-3-5-7(2)8(6)9/h3-6,9-12,17-18,24-25H,7-8,13H2,1-2H3;3-6,8-10,16H,1-2,7H2;3-5,9H,1-2H3. The molecule has 1 fully saturated rings. The summed E-state index contributed by atoms with van der Waals surface area (Å²) in [7, 11) is 0. The van der Waals surface area contributed by atoms with Crippen LogP contribution in [0.15, 0.2) is 109 Å². The molecule has 8 rings (SSSR count). The number of fused-ring (bicyclic) bond motifs is 2. The number of allylic oxidation sites excluding steroid dienone is 2. The van der Waals surface area contributed by atoms with E-state index in [2.05, 4.69) is 42.5 Å². The number of hydrogen-bond donors (Lipinski definition) is 4. The van der Waals surface area contributed by atoms with Crippen LogP contribution in [0.2, 0.25) is 0 Å². The summed E-state index contributed by atoms with van der Waals surface area (Å²) in [5.41, 5.74) is 8.54. The number of aromatic hydroxyl groups is 4. The molecule has 1 saturated carbocycles. The molecule has 4 N–H and O–H groups in total. The zero-order valence-electron chi connectivity index (χ0n) is 29.6. The SMILES string of the molecule is Cc1cc(C2CCC(c3c(O)ccc4ccccc34)C2)cc(C)c1O.Cc1cccc(C)c1O.Oc1ccc2ccccc2c1C1=CCCC1. The third kappa shape index (κ3) is 7.35. The van der Waals surface area contributed by atoms with Gasteiger partial charge in [0, 0.05) is 11.1 Å². The molecular weight excluding hydrogens is 617 g/mol. The number of hydrogen-bond acceptors (Lipinski definition) is 4. The van der Waals surface area contributed by atoms with Gasteiger partial charge < -0.3 is 20.4 Å². The molecule has 0 saturated heterocycles. The van der Waals surface area contributed by atoms with Crippen LogP contribution in [0, 0.1) is 27.7 Å². The summed E-state index contributed by atoms with van der Waals surface area (Å²) in [5.74, 6) is 2.52. The summed E-state index contributed by atoms with van der Waals surface area (Å²) in [6, 6.07) is 34.1. The smallest absolute Gasteiger partial charge is 0.123 e. The monoisotopic (exact) mass is 664 g/mol. The first kappa shape index (κ1) is 34.6. The topological polar surface area (TPSA) is 80.9 Å². The molecule has 0 bridgehead atoms. The van der Waals surface area contributed by atoms with E-state index < -0.39 is 0 Å². The fourth-order valence-corrected chi connectivity index (χ4v) is 7.79. The first-order chi connectivity index (χ1) is 24.1. The third-order valence-electron chi connectivity index (χ3n) is 10.5. The van der Waals surface area contributed by atoms with Crippen molar-refractivity contribution >= 4 is 27.1 Å². The predicted molar refractivity (Wildman–Crippen MR) is 208 cm³/mol. The molecule has 4 heteroatoms. The van der Waals surface area contributed by atoms with E-state index in [1.807, 2.05) is 88.4 Å². The average Bonchev–Trinajstić information content (AvgIpc) is 3.83. The van der Waals surface area contributed by atoms with Crippen molar-refractivity contribution in [3.8, 4) is 23.0 Å². The highest BCUT2D eigenvalue weighted by Gasteiger charge is 2.30. The van der Waals surface area contributed by atoms with Gasteiger partial charge in [-0.3, -0.25) is 0 Å². The fraction of sp³-hybridized carbons (Fsp3) is 0.261. The predicted octanol–water partition coefficient (Wildman–Crippen LogP) is 12.0. The summed E-state index contributed by atoms with van der Waals surface area (Å²) < 4.78 is 0. The highest BCUT2D eigenvalue weighted by Crippen LogP contribution is 2.48. The van der Waals surface area contributed by atoms with E-state index >= 15 is 0 Å². The molecular formula is C46H48O4. The van der Waals surface area contributed by atoms with Gasteiger partial charge in [0.15, 0.2) is 0 Å². The van der Waals surface area contributed by atoms with Gasteiger partial charge in [-0.15, -0.1) is 0 Å². The molecule has 6 aromatic rings. The van der Waals surface area contributed by atoms with Crippen LogP contribution in [0.25, 0.3) is 27.1 Å². The van der Waals surface area contributed by atoms with Crippen LogP contribution >= 0.6 is 0 Å². The Morgan fingerprint density at radius 2 is 1.10 bits per heavy atom. The summed E-state index contributed by atoms with van der Waals surface area (Å²) >= 11 is 0. The number of phenolic OH excluding ortho intramolecular Hbond substituents is 4. The second-order valence-electron chi connectivity index (χ2n) is 14.0. The second kappa shape index (κ2) is 15.1. The minimum absolute atomic E-state index is 0.380.